The molecule has 1 aliphatic carbocycles. The summed E-state index contributed by atoms with van der Waals surface area (Å²) in [6.45, 7) is 0. The van der Waals surface area contributed by atoms with Crippen LogP contribution in [-0.2, 0) is 6.42 Å². The second-order valence-electron chi connectivity index (χ2n) is 6.55. The Labute approximate surface area is 145 Å². The third-order valence-electron chi connectivity index (χ3n) is 5.03. The first-order chi connectivity index (χ1) is 12.1. The van der Waals surface area contributed by atoms with Gasteiger partial charge in [-0.2, -0.15) is 0 Å². The molecule has 0 bridgehead atoms. The first-order valence-corrected chi connectivity index (χ1v) is 8.41. The van der Waals surface area contributed by atoms with Crippen molar-refractivity contribution in [2.24, 2.45) is 0 Å². The molecular weight excluding hydrogens is 316 g/mol. The molecule has 2 aliphatic rings. The van der Waals surface area contributed by atoms with Crippen molar-refractivity contribution in [2.75, 3.05) is 7.05 Å². The molecule has 5 nitrogen and oxygen atoms in total. The molecule has 2 aromatic carbocycles. The summed E-state index contributed by atoms with van der Waals surface area (Å²) < 4.78 is 0. The lowest BCUT2D eigenvalue weighted by Crippen LogP contribution is -2.31. The zero-order chi connectivity index (χ0) is 17.6. The van der Waals surface area contributed by atoms with Gasteiger partial charge in [-0.25, -0.2) is 0 Å². The molecule has 4 rings (SSSR count). The standard InChI is InChI=1S/C20H18N2O3/c1-22-19(24)15-10-9-13(11-16(15)20(22)25)18(23)21-17-8-4-6-12-5-2-3-7-14(12)17/h2-3,5,7,9-11,17H,4,6,8H2,1H3,(H,21,23). The van der Waals surface area contributed by atoms with Gasteiger partial charge >= 0.3 is 0 Å². The van der Waals surface area contributed by atoms with E-state index in [4.69, 9.17) is 0 Å². The fourth-order valence-corrected chi connectivity index (χ4v) is 3.65. The van der Waals surface area contributed by atoms with Crippen LogP contribution in [0.25, 0.3) is 0 Å². The number of rotatable bonds is 2. The molecule has 0 radical (unpaired) electrons. The third-order valence-corrected chi connectivity index (χ3v) is 5.03. The van der Waals surface area contributed by atoms with Gasteiger partial charge in [0.05, 0.1) is 17.2 Å². The Morgan fingerprint density at radius 2 is 1.84 bits per heavy atom. The van der Waals surface area contributed by atoms with Gasteiger partial charge in [0.1, 0.15) is 0 Å². The number of carbonyl (C=O) groups excluding carboxylic acids is 3. The van der Waals surface area contributed by atoms with Crippen LogP contribution < -0.4 is 5.32 Å². The molecule has 1 heterocycles. The molecule has 0 fully saturated rings. The van der Waals surface area contributed by atoms with E-state index in [1.165, 1.54) is 18.7 Å². The number of aryl methyl sites for hydroxylation is 1. The Bertz CT molecular complexity index is 904. The highest BCUT2D eigenvalue weighted by molar-refractivity contribution is 6.21. The van der Waals surface area contributed by atoms with E-state index >= 15 is 0 Å². The van der Waals surface area contributed by atoms with Gasteiger partial charge in [-0.15, -0.1) is 0 Å². The van der Waals surface area contributed by atoms with Gasteiger partial charge < -0.3 is 5.32 Å². The highest BCUT2D eigenvalue weighted by Crippen LogP contribution is 2.30. The van der Waals surface area contributed by atoms with Crippen LogP contribution in [0.15, 0.2) is 42.5 Å². The summed E-state index contributed by atoms with van der Waals surface area (Å²) in [5.74, 6) is -0.912. The summed E-state index contributed by atoms with van der Waals surface area (Å²) in [7, 11) is 1.45. The van der Waals surface area contributed by atoms with Crippen molar-refractivity contribution >= 4 is 17.7 Å². The molecule has 1 N–H and O–H groups in total. The van der Waals surface area contributed by atoms with Crippen LogP contribution in [0.3, 0.4) is 0 Å². The lowest BCUT2D eigenvalue weighted by molar-refractivity contribution is 0.0693. The van der Waals surface area contributed by atoms with Crippen LogP contribution in [0.2, 0.25) is 0 Å². The molecule has 2 aromatic rings. The number of hydrogen-bond donors (Lipinski definition) is 1. The topological polar surface area (TPSA) is 66.5 Å². The Morgan fingerprint density at radius 3 is 2.68 bits per heavy atom. The van der Waals surface area contributed by atoms with Crippen molar-refractivity contribution in [3.05, 3.63) is 70.3 Å². The minimum absolute atomic E-state index is 0.0225. The Hall–Kier alpha value is -2.95. The summed E-state index contributed by atoms with van der Waals surface area (Å²) in [4.78, 5) is 37.8. The first kappa shape index (κ1) is 15.6. The van der Waals surface area contributed by atoms with Crippen molar-refractivity contribution < 1.29 is 14.4 Å². The van der Waals surface area contributed by atoms with Crippen LogP contribution in [-0.4, -0.2) is 29.7 Å². The average molecular weight is 334 g/mol. The van der Waals surface area contributed by atoms with Crippen molar-refractivity contribution in [3.63, 3.8) is 0 Å². The Kier molecular flexibility index (Phi) is 3.64. The maximum Gasteiger partial charge on any atom is 0.261 e. The van der Waals surface area contributed by atoms with Crippen molar-refractivity contribution in [3.8, 4) is 0 Å². The number of fused-ring (bicyclic) bond motifs is 2. The van der Waals surface area contributed by atoms with E-state index in [1.54, 1.807) is 12.1 Å². The lowest BCUT2D eigenvalue weighted by atomic mass is 9.87. The van der Waals surface area contributed by atoms with Gasteiger partial charge in [0, 0.05) is 12.6 Å². The van der Waals surface area contributed by atoms with E-state index in [2.05, 4.69) is 17.4 Å². The van der Waals surface area contributed by atoms with Gasteiger partial charge in [0.25, 0.3) is 17.7 Å². The maximum atomic E-state index is 12.7. The summed E-state index contributed by atoms with van der Waals surface area (Å²) in [5, 5.41) is 3.07. The normalized spacial score (nSPS) is 18.8. The SMILES string of the molecule is CN1C(=O)c2ccc(C(=O)NC3CCCc4ccccc43)cc2C1=O. The Morgan fingerprint density at radius 1 is 1.08 bits per heavy atom. The number of nitrogens with zero attached hydrogens (tertiary/aromatic N) is 1. The van der Waals surface area contributed by atoms with Crippen LogP contribution in [0.1, 0.15) is 61.1 Å². The van der Waals surface area contributed by atoms with E-state index in [9.17, 15) is 14.4 Å². The van der Waals surface area contributed by atoms with E-state index < -0.39 is 0 Å². The molecule has 25 heavy (non-hydrogen) atoms. The summed E-state index contributed by atoms with van der Waals surface area (Å²) in [6.07, 6.45) is 2.96. The third kappa shape index (κ3) is 2.52. The number of imide groups is 1. The quantitative estimate of drug-likeness (QED) is 0.859. The molecule has 126 valence electrons. The molecule has 0 spiro atoms. The smallest absolute Gasteiger partial charge is 0.261 e. The monoisotopic (exact) mass is 334 g/mol. The fraction of sp³-hybridized carbons (Fsp3) is 0.250. The zero-order valence-electron chi connectivity index (χ0n) is 13.9. The van der Waals surface area contributed by atoms with Crippen LogP contribution in [0.5, 0.6) is 0 Å². The van der Waals surface area contributed by atoms with Gasteiger partial charge in [-0.05, 0) is 48.6 Å². The molecule has 0 saturated carbocycles. The first-order valence-electron chi connectivity index (χ1n) is 8.41. The lowest BCUT2D eigenvalue weighted by Gasteiger charge is -2.26. The number of hydrogen-bond acceptors (Lipinski definition) is 3. The highest BCUT2D eigenvalue weighted by atomic mass is 16.2. The van der Waals surface area contributed by atoms with Crippen molar-refractivity contribution in [1.82, 2.24) is 10.2 Å². The predicted octanol–water partition coefficient (Wildman–Crippen LogP) is 2.72. The summed E-state index contributed by atoms with van der Waals surface area (Å²) in [6, 6.07) is 12.8. The molecular formula is C20H18N2O3. The predicted molar refractivity (Wildman–Crippen MR) is 92.5 cm³/mol. The number of nitrogens with one attached hydrogen (secondary N) is 1. The highest BCUT2D eigenvalue weighted by Gasteiger charge is 2.33. The van der Waals surface area contributed by atoms with Gasteiger partial charge in [0.15, 0.2) is 0 Å². The molecule has 1 unspecified atom stereocenters. The average Bonchev–Trinajstić information content (AvgIpc) is 2.86. The summed E-state index contributed by atoms with van der Waals surface area (Å²) in [5.41, 5.74) is 3.49. The molecule has 5 heteroatoms. The van der Waals surface area contributed by atoms with Crippen molar-refractivity contribution in [1.29, 1.82) is 0 Å². The second-order valence-corrected chi connectivity index (χ2v) is 6.55. The number of carbonyl (C=O) groups is 3. The van der Waals surface area contributed by atoms with Gasteiger partial charge in [-0.1, -0.05) is 24.3 Å². The van der Waals surface area contributed by atoms with Gasteiger partial charge in [0.2, 0.25) is 0 Å². The minimum Gasteiger partial charge on any atom is -0.345 e. The van der Waals surface area contributed by atoms with Crippen molar-refractivity contribution in [2.45, 2.75) is 25.3 Å². The maximum absolute atomic E-state index is 12.7. The second kappa shape index (κ2) is 5.84. The van der Waals surface area contributed by atoms with E-state index in [-0.39, 0.29) is 23.8 Å². The fourth-order valence-electron chi connectivity index (χ4n) is 3.65. The number of benzene rings is 2. The zero-order valence-corrected chi connectivity index (χ0v) is 13.9. The molecule has 3 amide bonds. The minimum atomic E-state index is -0.363. The van der Waals surface area contributed by atoms with Crippen LogP contribution in [0.4, 0.5) is 0 Å². The van der Waals surface area contributed by atoms with E-state index in [1.807, 2.05) is 12.1 Å². The number of amides is 3. The molecule has 1 aliphatic heterocycles. The van der Waals surface area contributed by atoms with Crippen LogP contribution in [0, 0.1) is 0 Å². The van der Waals surface area contributed by atoms with E-state index in [0.717, 1.165) is 29.7 Å². The van der Waals surface area contributed by atoms with E-state index in [0.29, 0.717) is 16.7 Å². The Balaban J connectivity index is 1.60. The largest absolute Gasteiger partial charge is 0.345 e. The molecule has 0 saturated heterocycles. The molecule has 0 aromatic heterocycles. The van der Waals surface area contributed by atoms with Gasteiger partial charge in [-0.3, -0.25) is 19.3 Å². The van der Waals surface area contributed by atoms with Crippen LogP contribution >= 0.6 is 0 Å². The molecule has 1 atom stereocenters. The summed E-state index contributed by atoms with van der Waals surface area (Å²) >= 11 is 0.